The number of benzene rings is 3. The largest absolute Gasteiger partial charge is 0.392 e. The first kappa shape index (κ1) is 24.3. The summed E-state index contributed by atoms with van der Waals surface area (Å²) in [7, 11) is 0. The lowest BCUT2D eigenvalue weighted by Crippen LogP contribution is -2.44. The first-order valence-corrected chi connectivity index (χ1v) is 11.3. The molecule has 0 fully saturated rings. The smallest absolute Gasteiger partial charge is 0.366 e. The van der Waals surface area contributed by atoms with Gasteiger partial charge in [0.15, 0.2) is 5.60 Å². The molecule has 3 aromatic carbocycles. The van der Waals surface area contributed by atoms with Gasteiger partial charge in [0.1, 0.15) is 0 Å². The molecule has 1 amide bonds. The van der Waals surface area contributed by atoms with Gasteiger partial charge in [-0.15, -0.1) is 0 Å². The Balaban J connectivity index is 1.76. The van der Waals surface area contributed by atoms with Crippen LogP contribution in [0.2, 0.25) is 0 Å². The number of fused-ring (bicyclic) bond motifs is 1. The van der Waals surface area contributed by atoms with Crippen LogP contribution in [0.25, 0.3) is 10.8 Å². The summed E-state index contributed by atoms with van der Waals surface area (Å²) in [6, 6.07) is 21.2. The van der Waals surface area contributed by atoms with Gasteiger partial charge in [0.05, 0.1) is 17.7 Å². The molecule has 0 aliphatic rings. The van der Waals surface area contributed by atoms with E-state index in [9.17, 15) is 19.8 Å². The quantitative estimate of drug-likeness (QED) is 0.372. The third-order valence-electron chi connectivity index (χ3n) is 6.37. The zero-order chi connectivity index (χ0) is 25.2. The van der Waals surface area contributed by atoms with Crippen LogP contribution in [0.3, 0.4) is 0 Å². The number of nitrogens with zero attached hydrogens (tertiary/aromatic N) is 1. The Kier molecular flexibility index (Phi) is 6.56. The second-order valence-corrected chi connectivity index (χ2v) is 9.42. The van der Waals surface area contributed by atoms with E-state index in [1.807, 2.05) is 44.2 Å². The molecule has 0 saturated heterocycles. The van der Waals surface area contributed by atoms with Crippen LogP contribution in [0.4, 0.5) is 5.69 Å². The minimum atomic E-state index is -1.91. The summed E-state index contributed by atoms with van der Waals surface area (Å²) in [6.07, 6.45) is 0.0858. The van der Waals surface area contributed by atoms with E-state index in [1.165, 1.54) is 0 Å². The maximum atomic E-state index is 13.7. The van der Waals surface area contributed by atoms with E-state index >= 15 is 0 Å². The van der Waals surface area contributed by atoms with Crippen LogP contribution in [0.15, 0.2) is 82.1 Å². The fourth-order valence-electron chi connectivity index (χ4n) is 4.41. The van der Waals surface area contributed by atoms with Gasteiger partial charge in [-0.25, -0.2) is 4.79 Å². The van der Waals surface area contributed by atoms with Crippen molar-refractivity contribution in [3.63, 3.8) is 0 Å². The lowest BCUT2D eigenvalue weighted by atomic mass is 9.72. The molecule has 4 aromatic rings. The van der Waals surface area contributed by atoms with Crippen molar-refractivity contribution in [1.29, 1.82) is 0 Å². The number of aliphatic hydroxyl groups is 2. The average molecular weight is 473 g/mol. The highest BCUT2D eigenvalue weighted by molar-refractivity contribution is 5.99. The second-order valence-electron chi connectivity index (χ2n) is 9.42. The van der Waals surface area contributed by atoms with E-state index in [-0.39, 0.29) is 13.0 Å². The molecular formula is C28H28N2O5. The number of hydrogen-bond acceptors (Lipinski definition) is 6. The van der Waals surface area contributed by atoms with Gasteiger partial charge in [0.2, 0.25) is 0 Å². The number of aryl methyl sites for hydroxylation is 1. The lowest BCUT2D eigenvalue weighted by molar-refractivity contribution is -0.137. The summed E-state index contributed by atoms with van der Waals surface area (Å²) in [5, 5.41) is 29.1. The molecule has 4 rings (SSSR count). The van der Waals surface area contributed by atoms with E-state index in [1.54, 1.807) is 49.4 Å². The van der Waals surface area contributed by atoms with Crippen LogP contribution in [0.5, 0.6) is 0 Å². The normalized spacial score (nSPS) is 13.4. The predicted molar refractivity (Wildman–Crippen MR) is 134 cm³/mol. The molecule has 35 heavy (non-hydrogen) atoms. The molecule has 1 aromatic heterocycles. The van der Waals surface area contributed by atoms with E-state index in [4.69, 9.17) is 4.52 Å². The molecule has 0 bridgehead atoms. The van der Waals surface area contributed by atoms with E-state index in [2.05, 4.69) is 10.5 Å². The van der Waals surface area contributed by atoms with Gasteiger partial charge in [-0.1, -0.05) is 73.6 Å². The van der Waals surface area contributed by atoms with Crippen molar-refractivity contribution in [2.45, 2.75) is 44.8 Å². The van der Waals surface area contributed by atoms with Crippen molar-refractivity contribution >= 4 is 22.4 Å². The molecule has 180 valence electrons. The van der Waals surface area contributed by atoms with Gasteiger partial charge in [-0.2, -0.15) is 0 Å². The number of rotatable bonds is 7. The fourth-order valence-corrected chi connectivity index (χ4v) is 4.41. The minimum Gasteiger partial charge on any atom is -0.392 e. The van der Waals surface area contributed by atoms with Gasteiger partial charge >= 0.3 is 5.63 Å². The summed E-state index contributed by atoms with van der Waals surface area (Å²) in [5.74, 6) is -0.621. The number of aliphatic hydroxyl groups excluding tert-OH is 1. The van der Waals surface area contributed by atoms with Crippen molar-refractivity contribution in [3.05, 3.63) is 106 Å². The molecular weight excluding hydrogens is 444 g/mol. The topological polar surface area (TPSA) is 113 Å². The van der Waals surface area contributed by atoms with E-state index < -0.39 is 22.5 Å². The zero-order valence-corrected chi connectivity index (χ0v) is 19.9. The fraction of sp³-hybridized carbons (Fsp3) is 0.250. The summed E-state index contributed by atoms with van der Waals surface area (Å²) in [4.78, 5) is 25.7. The standard InChI is InChI=1S/C28H28N2O5/c1-18-24-15-22(12-13-23(24)25(32)35-30-18)29-26(33)28(34,21-11-7-8-19(14-21)16-31)17-27(2,3)20-9-5-4-6-10-20/h4-15,31,34H,16-17H2,1-3H3,(H,29,33). The SMILES string of the molecule is Cc1noc(=O)c2ccc(NC(=O)C(O)(CC(C)(C)c3ccccc3)c3cccc(CO)c3)cc12. The van der Waals surface area contributed by atoms with Crippen LogP contribution in [0, 0.1) is 6.92 Å². The maximum absolute atomic E-state index is 13.7. The number of anilines is 1. The molecule has 7 heteroatoms. The molecule has 0 aliphatic heterocycles. The number of hydrogen-bond donors (Lipinski definition) is 3. The minimum absolute atomic E-state index is 0.0858. The maximum Gasteiger partial charge on any atom is 0.366 e. The summed E-state index contributed by atoms with van der Waals surface area (Å²) in [6.45, 7) is 5.44. The third-order valence-corrected chi connectivity index (χ3v) is 6.37. The van der Waals surface area contributed by atoms with Crippen molar-refractivity contribution < 1.29 is 19.5 Å². The van der Waals surface area contributed by atoms with Crippen LogP contribution < -0.4 is 10.9 Å². The molecule has 7 nitrogen and oxygen atoms in total. The molecule has 0 radical (unpaired) electrons. The monoisotopic (exact) mass is 472 g/mol. The number of amides is 1. The van der Waals surface area contributed by atoms with E-state index in [0.29, 0.717) is 33.3 Å². The van der Waals surface area contributed by atoms with Crippen LogP contribution >= 0.6 is 0 Å². The number of carbonyl (C=O) groups is 1. The van der Waals surface area contributed by atoms with Crippen LogP contribution in [0.1, 0.15) is 42.7 Å². The highest BCUT2D eigenvalue weighted by Gasteiger charge is 2.43. The molecule has 0 aliphatic carbocycles. The Hall–Kier alpha value is -3.81. The first-order valence-electron chi connectivity index (χ1n) is 11.3. The molecule has 3 N–H and O–H groups in total. The van der Waals surface area contributed by atoms with Crippen molar-refractivity contribution in [1.82, 2.24) is 5.16 Å². The Morgan fingerprint density at radius 2 is 1.69 bits per heavy atom. The molecule has 1 heterocycles. The summed E-state index contributed by atoms with van der Waals surface area (Å²) >= 11 is 0. The Morgan fingerprint density at radius 1 is 0.971 bits per heavy atom. The Bertz CT molecular complexity index is 1430. The first-order chi connectivity index (χ1) is 16.6. The number of carbonyl (C=O) groups excluding carboxylic acids is 1. The molecule has 0 saturated carbocycles. The zero-order valence-electron chi connectivity index (χ0n) is 19.9. The van der Waals surface area contributed by atoms with Crippen molar-refractivity contribution in [2.75, 3.05) is 5.32 Å². The Morgan fingerprint density at radius 3 is 2.40 bits per heavy atom. The average Bonchev–Trinajstić information content (AvgIpc) is 2.86. The van der Waals surface area contributed by atoms with Crippen LogP contribution in [-0.4, -0.2) is 21.3 Å². The Labute approximate surface area is 203 Å². The van der Waals surface area contributed by atoms with Gasteiger partial charge in [0, 0.05) is 11.1 Å². The summed E-state index contributed by atoms with van der Waals surface area (Å²) in [5.41, 5.74) is -0.183. The molecule has 1 unspecified atom stereocenters. The van der Waals surface area contributed by atoms with Gasteiger partial charge in [0.25, 0.3) is 5.91 Å². The van der Waals surface area contributed by atoms with Gasteiger partial charge in [-0.3, -0.25) is 4.79 Å². The third kappa shape index (κ3) is 4.87. The van der Waals surface area contributed by atoms with E-state index in [0.717, 1.165) is 5.56 Å². The second kappa shape index (κ2) is 9.44. The highest BCUT2D eigenvalue weighted by atomic mass is 16.5. The lowest BCUT2D eigenvalue weighted by Gasteiger charge is -2.36. The van der Waals surface area contributed by atoms with Crippen molar-refractivity contribution in [3.8, 4) is 0 Å². The van der Waals surface area contributed by atoms with Crippen molar-refractivity contribution in [2.24, 2.45) is 0 Å². The molecule has 1 atom stereocenters. The van der Waals surface area contributed by atoms with Gasteiger partial charge < -0.3 is 20.1 Å². The number of aromatic nitrogens is 1. The molecule has 0 spiro atoms. The predicted octanol–water partition coefficient (Wildman–Crippen LogP) is 4.18. The van der Waals surface area contributed by atoms with Gasteiger partial charge in [-0.05, 0) is 53.6 Å². The highest BCUT2D eigenvalue weighted by Crippen LogP contribution is 2.39. The van der Waals surface area contributed by atoms with Crippen LogP contribution in [-0.2, 0) is 22.4 Å². The number of nitrogens with one attached hydrogen (secondary N) is 1. The summed E-state index contributed by atoms with van der Waals surface area (Å²) < 4.78 is 4.77.